The molecule has 0 aliphatic heterocycles. The molecule has 1 N–H and O–H groups in total. The summed E-state index contributed by atoms with van der Waals surface area (Å²) in [4.78, 5) is 1.32. The third-order valence-electron chi connectivity index (χ3n) is 2.19. The molecule has 2 rings (SSSR count). The van der Waals surface area contributed by atoms with E-state index in [9.17, 15) is 0 Å². The van der Waals surface area contributed by atoms with E-state index >= 15 is 0 Å². The predicted molar refractivity (Wildman–Crippen MR) is 78.2 cm³/mol. The number of rotatable bonds is 3. The zero-order valence-electron chi connectivity index (χ0n) is 8.76. The van der Waals surface area contributed by atoms with E-state index in [0.717, 1.165) is 16.7 Å². The molecule has 16 heavy (non-hydrogen) atoms. The number of anilines is 1. The van der Waals surface area contributed by atoms with E-state index in [2.05, 4.69) is 73.7 Å². The smallest absolute Gasteiger partial charge is 0.0505 e. The molecule has 0 aliphatic rings. The van der Waals surface area contributed by atoms with Crippen molar-refractivity contribution in [3.63, 3.8) is 0 Å². The molecule has 0 saturated heterocycles. The Hall–Kier alpha value is -0.320. The van der Waals surface area contributed by atoms with Crippen LogP contribution in [0.2, 0.25) is 0 Å². The fraction of sp³-hybridized carbons (Fsp3) is 0.167. The fourth-order valence-corrected chi connectivity index (χ4v) is 3.51. The second-order valence-corrected chi connectivity index (χ2v) is 6.33. The van der Waals surface area contributed by atoms with Crippen LogP contribution in [0.1, 0.15) is 10.4 Å². The van der Waals surface area contributed by atoms with Gasteiger partial charge in [0.25, 0.3) is 0 Å². The number of aryl methyl sites for hydroxylation is 1. The molecular weight excluding hydrogens is 350 g/mol. The highest BCUT2D eigenvalue weighted by molar-refractivity contribution is 9.10. The van der Waals surface area contributed by atoms with Crippen LogP contribution >= 0.6 is 43.2 Å². The van der Waals surface area contributed by atoms with Crippen LogP contribution in [-0.2, 0) is 6.54 Å². The maximum Gasteiger partial charge on any atom is 0.0505 e. The van der Waals surface area contributed by atoms with Crippen LogP contribution in [0, 0.1) is 6.92 Å². The van der Waals surface area contributed by atoms with E-state index in [1.807, 2.05) is 0 Å². The molecule has 1 heterocycles. The maximum absolute atomic E-state index is 3.53. The molecule has 2 aromatic rings. The Morgan fingerprint density at radius 1 is 1.25 bits per heavy atom. The van der Waals surface area contributed by atoms with Gasteiger partial charge in [-0.1, -0.05) is 15.9 Å². The van der Waals surface area contributed by atoms with Crippen LogP contribution in [0.25, 0.3) is 0 Å². The highest BCUT2D eigenvalue weighted by atomic mass is 79.9. The third kappa shape index (κ3) is 3.09. The topological polar surface area (TPSA) is 12.0 Å². The number of halogens is 2. The molecule has 0 unspecified atom stereocenters. The highest BCUT2D eigenvalue weighted by Crippen LogP contribution is 2.25. The van der Waals surface area contributed by atoms with E-state index in [-0.39, 0.29) is 0 Å². The first-order valence-electron chi connectivity index (χ1n) is 4.88. The molecule has 0 amide bonds. The summed E-state index contributed by atoms with van der Waals surface area (Å²) in [6.45, 7) is 2.95. The minimum absolute atomic E-state index is 0.855. The van der Waals surface area contributed by atoms with E-state index in [4.69, 9.17) is 0 Å². The number of thiophene rings is 1. The van der Waals surface area contributed by atoms with Crippen molar-refractivity contribution in [2.24, 2.45) is 0 Å². The SMILES string of the molecule is Cc1cc(Br)cc(NCc2sccc2Br)c1. The van der Waals surface area contributed by atoms with Crippen LogP contribution in [0.3, 0.4) is 0 Å². The minimum Gasteiger partial charge on any atom is -0.380 e. The molecule has 0 aliphatic carbocycles. The first-order valence-corrected chi connectivity index (χ1v) is 7.34. The Balaban J connectivity index is 2.07. The zero-order chi connectivity index (χ0) is 11.5. The molecule has 0 atom stereocenters. The van der Waals surface area contributed by atoms with E-state index in [1.54, 1.807) is 11.3 Å². The minimum atomic E-state index is 0.855. The van der Waals surface area contributed by atoms with Gasteiger partial charge in [0.15, 0.2) is 0 Å². The van der Waals surface area contributed by atoms with Crippen LogP contribution in [0.4, 0.5) is 5.69 Å². The lowest BCUT2D eigenvalue weighted by Gasteiger charge is -2.07. The lowest BCUT2D eigenvalue weighted by Crippen LogP contribution is -1.98. The second kappa shape index (κ2) is 5.34. The Bertz CT molecular complexity index is 473. The summed E-state index contributed by atoms with van der Waals surface area (Å²) < 4.78 is 2.29. The van der Waals surface area contributed by atoms with Crippen molar-refractivity contribution in [3.05, 3.63) is 49.0 Å². The van der Waals surface area contributed by atoms with Crippen LogP contribution < -0.4 is 5.32 Å². The Morgan fingerprint density at radius 3 is 2.69 bits per heavy atom. The molecule has 1 aromatic carbocycles. The van der Waals surface area contributed by atoms with Crippen molar-refractivity contribution in [1.82, 2.24) is 0 Å². The average molecular weight is 361 g/mol. The summed E-state index contributed by atoms with van der Waals surface area (Å²) in [6.07, 6.45) is 0. The van der Waals surface area contributed by atoms with Gasteiger partial charge in [-0.2, -0.15) is 0 Å². The molecule has 1 nitrogen and oxygen atoms in total. The van der Waals surface area contributed by atoms with Gasteiger partial charge in [0.05, 0.1) is 6.54 Å². The van der Waals surface area contributed by atoms with Crippen LogP contribution in [-0.4, -0.2) is 0 Å². The summed E-state index contributed by atoms with van der Waals surface area (Å²) >= 11 is 8.79. The summed E-state index contributed by atoms with van der Waals surface area (Å²) in [5, 5.41) is 5.51. The number of hydrogen-bond donors (Lipinski definition) is 1. The average Bonchev–Trinajstić information content (AvgIpc) is 2.59. The Kier molecular flexibility index (Phi) is 4.05. The first kappa shape index (κ1) is 12.1. The van der Waals surface area contributed by atoms with Crippen molar-refractivity contribution in [3.8, 4) is 0 Å². The normalized spacial score (nSPS) is 10.4. The van der Waals surface area contributed by atoms with Crippen molar-refractivity contribution >= 4 is 48.9 Å². The van der Waals surface area contributed by atoms with Crippen molar-refractivity contribution < 1.29 is 0 Å². The van der Waals surface area contributed by atoms with Gasteiger partial charge in [-0.25, -0.2) is 0 Å². The first-order chi connectivity index (χ1) is 7.65. The van der Waals surface area contributed by atoms with Gasteiger partial charge < -0.3 is 5.32 Å². The molecule has 1 aromatic heterocycles. The largest absolute Gasteiger partial charge is 0.380 e. The number of benzene rings is 1. The molecule has 0 radical (unpaired) electrons. The Morgan fingerprint density at radius 2 is 2.06 bits per heavy atom. The highest BCUT2D eigenvalue weighted by Gasteiger charge is 2.01. The van der Waals surface area contributed by atoms with Crippen molar-refractivity contribution in [1.29, 1.82) is 0 Å². The van der Waals surface area contributed by atoms with Crippen LogP contribution in [0.5, 0.6) is 0 Å². The standard InChI is InChI=1S/C12H11Br2NS/c1-8-4-9(13)6-10(5-8)15-7-12-11(14)2-3-16-12/h2-6,15H,7H2,1H3. The summed E-state index contributed by atoms with van der Waals surface area (Å²) in [6, 6.07) is 8.42. The van der Waals surface area contributed by atoms with Crippen molar-refractivity contribution in [2.45, 2.75) is 13.5 Å². The molecular formula is C12H11Br2NS. The van der Waals surface area contributed by atoms with E-state index < -0.39 is 0 Å². The summed E-state index contributed by atoms with van der Waals surface area (Å²) in [7, 11) is 0. The van der Waals surface area contributed by atoms with E-state index in [0.29, 0.717) is 0 Å². The lowest BCUT2D eigenvalue weighted by atomic mass is 10.2. The van der Waals surface area contributed by atoms with Crippen molar-refractivity contribution in [2.75, 3.05) is 5.32 Å². The van der Waals surface area contributed by atoms with Gasteiger partial charge in [-0.05, 0) is 58.1 Å². The predicted octanol–water partition coefficient (Wildman–Crippen LogP) is 5.19. The second-order valence-electron chi connectivity index (χ2n) is 3.56. The van der Waals surface area contributed by atoms with Crippen LogP contribution in [0.15, 0.2) is 38.6 Å². The molecule has 0 bridgehead atoms. The molecule has 4 heteroatoms. The quantitative estimate of drug-likeness (QED) is 0.793. The summed E-state index contributed by atoms with van der Waals surface area (Å²) in [5.41, 5.74) is 2.40. The van der Waals surface area contributed by atoms with Gasteiger partial charge in [0, 0.05) is 19.5 Å². The fourth-order valence-electron chi connectivity index (χ4n) is 1.47. The third-order valence-corrected chi connectivity index (χ3v) is 4.57. The monoisotopic (exact) mass is 359 g/mol. The zero-order valence-corrected chi connectivity index (χ0v) is 12.7. The number of hydrogen-bond acceptors (Lipinski definition) is 2. The maximum atomic E-state index is 3.53. The van der Waals surface area contributed by atoms with Gasteiger partial charge in [-0.15, -0.1) is 11.3 Å². The van der Waals surface area contributed by atoms with Gasteiger partial charge >= 0.3 is 0 Å². The number of nitrogens with one attached hydrogen (secondary N) is 1. The molecule has 0 fully saturated rings. The lowest BCUT2D eigenvalue weighted by molar-refractivity contribution is 1.18. The van der Waals surface area contributed by atoms with Gasteiger partial charge in [0.1, 0.15) is 0 Å². The van der Waals surface area contributed by atoms with Gasteiger partial charge in [0.2, 0.25) is 0 Å². The molecule has 0 saturated carbocycles. The molecule has 84 valence electrons. The van der Waals surface area contributed by atoms with Gasteiger partial charge in [-0.3, -0.25) is 0 Å². The van der Waals surface area contributed by atoms with E-state index in [1.165, 1.54) is 14.9 Å². The molecule has 0 spiro atoms. The summed E-state index contributed by atoms with van der Waals surface area (Å²) in [5.74, 6) is 0. The Labute approximate surface area is 116 Å².